The molecule has 1 unspecified atom stereocenters. The predicted molar refractivity (Wildman–Crippen MR) is 103 cm³/mol. The SMILES string of the molecule is O=C(NC1CCN(c2nccc(-c3ccccc3)n2)C1)c1ccc(=O)[nH]c1. The molecule has 27 heavy (non-hydrogen) atoms. The summed E-state index contributed by atoms with van der Waals surface area (Å²) < 4.78 is 0. The van der Waals surface area contributed by atoms with Crippen molar-refractivity contribution in [3.63, 3.8) is 0 Å². The van der Waals surface area contributed by atoms with Gasteiger partial charge < -0.3 is 15.2 Å². The third-order valence-corrected chi connectivity index (χ3v) is 4.57. The van der Waals surface area contributed by atoms with Crippen molar-refractivity contribution in [1.82, 2.24) is 20.3 Å². The van der Waals surface area contributed by atoms with Crippen LogP contribution in [0, 0.1) is 0 Å². The molecule has 0 spiro atoms. The largest absolute Gasteiger partial charge is 0.347 e. The molecule has 1 amide bonds. The molecule has 1 aromatic carbocycles. The van der Waals surface area contributed by atoms with Crippen LogP contribution in [0.3, 0.4) is 0 Å². The Labute approximate surface area is 156 Å². The Morgan fingerprint density at radius 2 is 2.00 bits per heavy atom. The molecule has 1 fully saturated rings. The van der Waals surface area contributed by atoms with E-state index in [0.717, 1.165) is 24.2 Å². The fourth-order valence-corrected chi connectivity index (χ4v) is 3.15. The summed E-state index contributed by atoms with van der Waals surface area (Å²) in [5.41, 5.74) is 2.13. The Morgan fingerprint density at radius 1 is 1.15 bits per heavy atom. The molecular weight excluding hydrogens is 342 g/mol. The van der Waals surface area contributed by atoms with Crippen molar-refractivity contribution >= 4 is 11.9 Å². The lowest BCUT2D eigenvalue weighted by Gasteiger charge is -2.17. The van der Waals surface area contributed by atoms with Gasteiger partial charge in [0.25, 0.3) is 5.91 Å². The zero-order valence-corrected chi connectivity index (χ0v) is 14.6. The molecule has 1 aliphatic rings. The number of nitrogens with one attached hydrogen (secondary N) is 2. The molecule has 7 nitrogen and oxygen atoms in total. The van der Waals surface area contributed by atoms with Crippen molar-refractivity contribution in [3.8, 4) is 11.3 Å². The molecule has 0 aliphatic carbocycles. The molecule has 0 saturated carbocycles. The molecular formula is C20H19N5O2. The Bertz CT molecular complexity index is 982. The molecule has 4 rings (SSSR count). The van der Waals surface area contributed by atoms with Crippen molar-refractivity contribution in [1.29, 1.82) is 0 Å². The predicted octanol–water partition coefficient (Wildman–Crippen LogP) is 1.84. The van der Waals surface area contributed by atoms with Crippen LogP contribution in [0.4, 0.5) is 5.95 Å². The topological polar surface area (TPSA) is 91.0 Å². The van der Waals surface area contributed by atoms with Crippen molar-refractivity contribution < 1.29 is 4.79 Å². The number of aromatic nitrogens is 3. The number of aromatic amines is 1. The highest BCUT2D eigenvalue weighted by atomic mass is 16.2. The summed E-state index contributed by atoms with van der Waals surface area (Å²) in [5, 5.41) is 3.00. The van der Waals surface area contributed by atoms with E-state index < -0.39 is 0 Å². The average Bonchev–Trinajstić information content (AvgIpc) is 3.18. The summed E-state index contributed by atoms with van der Waals surface area (Å²) in [5.74, 6) is 0.467. The van der Waals surface area contributed by atoms with Crippen LogP contribution >= 0.6 is 0 Å². The first kappa shape index (κ1) is 17.0. The summed E-state index contributed by atoms with van der Waals surface area (Å²) in [7, 11) is 0. The lowest BCUT2D eigenvalue weighted by Crippen LogP contribution is -2.37. The van der Waals surface area contributed by atoms with Crippen LogP contribution in [0.2, 0.25) is 0 Å². The number of anilines is 1. The quantitative estimate of drug-likeness (QED) is 0.740. The van der Waals surface area contributed by atoms with Gasteiger partial charge in [-0.25, -0.2) is 9.97 Å². The minimum atomic E-state index is -0.228. The number of hydrogen-bond acceptors (Lipinski definition) is 5. The van der Waals surface area contributed by atoms with E-state index in [0.29, 0.717) is 18.1 Å². The van der Waals surface area contributed by atoms with Gasteiger partial charge in [0.2, 0.25) is 11.5 Å². The van der Waals surface area contributed by atoms with Gasteiger partial charge in [-0.1, -0.05) is 30.3 Å². The van der Waals surface area contributed by atoms with Gasteiger partial charge in [-0.05, 0) is 18.6 Å². The summed E-state index contributed by atoms with van der Waals surface area (Å²) in [6.07, 6.45) is 4.00. The molecule has 1 atom stereocenters. The summed E-state index contributed by atoms with van der Waals surface area (Å²) in [4.78, 5) is 37.1. The fourth-order valence-electron chi connectivity index (χ4n) is 3.15. The molecule has 7 heteroatoms. The number of benzene rings is 1. The van der Waals surface area contributed by atoms with Crippen LogP contribution in [0.25, 0.3) is 11.3 Å². The number of H-pyrrole nitrogens is 1. The van der Waals surface area contributed by atoms with Crippen LogP contribution < -0.4 is 15.8 Å². The van der Waals surface area contributed by atoms with E-state index >= 15 is 0 Å². The standard InChI is InChI=1S/C20H19N5O2/c26-18-7-6-15(12-22-18)19(27)23-16-9-11-25(13-16)20-21-10-8-17(24-20)14-4-2-1-3-5-14/h1-8,10,12,16H,9,11,13H2,(H,22,26)(H,23,27). The van der Waals surface area contributed by atoms with Gasteiger partial charge in [0.05, 0.1) is 11.3 Å². The summed E-state index contributed by atoms with van der Waals surface area (Å²) in [6.45, 7) is 1.42. The monoisotopic (exact) mass is 361 g/mol. The first-order chi connectivity index (χ1) is 13.2. The van der Waals surface area contributed by atoms with E-state index in [9.17, 15) is 9.59 Å². The highest BCUT2D eigenvalue weighted by molar-refractivity contribution is 5.94. The number of carbonyl (C=O) groups is 1. The third-order valence-electron chi connectivity index (χ3n) is 4.57. The van der Waals surface area contributed by atoms with Gasteiger partial charge >= 0.3 is 0 Å². The first-order valence-electron chi connectivity index (χ1n) is 8.82. The number of rotatable bonds is 4. The second-order valence-corrected chi connectivity index (χ2v) is 6.45. The molecule has 0 bridgehead atoms. The molecule has 1 saturated heterocycles. The van der Waals surface area contributed by atoms with Crippen LogP contribution in [-0.2, 0) is 0 Å². The zero-order valence-electron chi connectivity index (χ0n) is 14.6. The van der Waals surface area contributed by atoms with Crippen LogP contribution in [0.15, 0.2) is 65.7 Å². The van der Waals surface area contributed by atoms with Gasteiger partial charge in [-0.2, -0.15) is 0 Å². The summed E-state index contributed by atoms with van der Waals surface area (Å²) in [6, 6.07) is 14.7. The molecule has 1 aliphatic heterocycles. The van der Waals surface area contributed by atoms with Gasteiger partial charge in [-0.3, -0.25) is 9.59 Å². The maximum Gasteiger partial charge on any atom is 0.253 e. The minimum Gasteiger partial charge on any atom is -0.347 e. The Morgan fingerprint density at radius 3 is 2.78 bits per heavy atom. The van der Waals surface area contributed by atoms with E-state index in [4.69, 9.17) is 0 Å². The highest BCUT2D eigenvalue weighted by Gasteiger charge is 2.26. The second kappa shape index (κ2) is 7.41. The van der Waals surface area contributed by atoms with E-state index in [1.807, 2.05) is 36.4 Å². The van der Waals surface area contributed by atoms with Gasteiger partial charge in [0, 0.05) is 43.2 Å². The smallest absolute Gasteiger partial charge is 0.253 e. The maximum atomic E-state index is 12.3. The van der Waals surface area contributed by atoms with E-state index in [1.54, 1.807) is 6.20 Å². The first-order valence-corrected chi connectivity index (χ1v) is 8.82. The highest BCUT2D eigenvalue weighted by Crippen LogP contribution is 2.21. The molecule has 2 aromatic heterocycles. The number of hydrogen-bond donors (Lipinski definition) is 2. The maximum absolute atomic E-state index is 12.3. The van der Waals surface area contributed by atoms with Gasteiger partial charge in [0.15, 0.2) is 0 Å². The Kier molecular flexibility index (Phi) is 4.65. The number of pyridine rings is 1. The number of carbonyl (C=O) groups excluding carboxylic acids is 1. The number of nitrogens with zero attached hydrogens (tertiary/aromatic N) is 3. The number of amides is 1. The van der Waals surface area contributed by atoms with E-state index in [-0.39, 0.29) is 17.5 Å². The van der Waals surface area contributed by atoms with E-state index in [2.05, 4.69) is 25.2 Å². The fraction of sp³-hybridized carbons (Fsp3) is 0.200. The molecule has 136 valence electrons. The van der Waals surface area contributed by atoms with Crippen molar-refractivity contribution in [2.45, 2.75) is 12.5 Å². The molecule has 2 N–H and O–H groups in total. The Hall–Kier alpha value is -3.48. The minimum absolute atomic E-state index is 0.00779. The molecule has 0 radical (unpaired) electrons. The van der Waals surface area contributed by atoms with Crippen molar-refractivity contribution in [2.75, 3.05) is 18.0 Å². The van der Waals surface area contributed by atoms with Crippen LogP contribution in [0.1, 0.15) is 16.8 Å². The lowest BCUT2D eigenvalue weighted by molar-refractivity contribution is 0.0940. The normalized spacial score (nSPS) is 16.3. The second-order valence-electron chi connectivity index (χ2n) is 6.45. The third kappa shape index (κ3) is 3.87. The van der Waals surface area contributed by atoms with E-state index in [1.165, 1.54) is 18.3 Å². The van der Waals surface area contributed by atoms with Crippen LogP contribution in [0.5, 0.6) is 0 Å². The van der Waals surface area contributed by atoms with Crippen molar-refractivity contribution in [2.24, 2.45) is 0 Å². The van der Waals surface area contributed by atoms with Gasteiger partial charge in [-0.15, -0.1) is 0 Å². The molecule has 3 aromatic rings. The zero-order chi connectivity index (χ0) is 18.6. The lowest BCUT2D eigenvalue weighted by atomic mass is 10.1. The Balaban J connectivity index is 1.43. The van der Waals surface area contributed by atoms with Crippen LogP contribution in [-0.4, -0.2) is 40.0 Å². The van der Waals surface area contributed by atoms with Crippen molar-refractivity contribution in [3.05, 3.63) is 76.8 Å². The summed E-state index contributed by atoms with van der Waals surface area (Å²) >= 11 is 0. The van der Waals surface area contributed by atoms with Gasteiger partial charge in [0.1, 0.15) is 0 Å². The molecule has 3 heterocycles. The average molecular weight is 361 g/mol.